The van der Waals surface area contributed by atoms with E-state index in [1.54, 1.807) is 6.07 Å². The monoisotopic (exact) mass is 339 g/mol. The van der Waals surface area contributed by atoms with Crippen molar-refractivity contribution in [3.63, 3.8) is 0 Å². The molecule has 0 N–H and O–H groups in total. The maximum atomic E-state index is 11.1. The Hall–Kier alpha value is -3.28. The van der Waals surface area contributed by atoms with Gasteiger partial charge in [-0.1, -0.05) is 30.3 Å². The molecule has 0 aromatic heterocycles. The van der Waals surface area contributed by atoms with Crippen molar-refractivity contribution in [2.75, 3.05) is 20.3 Å². The number of nitro groups is 1. The molecule has 3 aromatic rings. The summed E-state index contributed by atoms with van der Waals surface area (Å²) in [6.45, 7) is 0.474. The second kappa shape index (κ2) is 7.53. The highest BCUT2D eigenvalue weighted by Crippen LogP contribution is 2.31. The number of methoxy groups -OCH3 is 1. The molecule has 25 heavy (non-hydrogen) atoms. The van der Waals surface area contributed by atoms with Crippen LogP contribution in [-0.4, -0.2) is 25.2 Å². The molecular weight excluding hydrogens is 322 g/mol. The minimum atomic E-state index is -0.498. The highest BCUT2D eigenvalue weighted by atomic mass is 16.6. The van der Waals surface area contributed by atoms with E-state index in [1.165, 1.54) is 19.2 Å². The van der Waals surface area contributed by atoms with E-state index in [-0.39, 0.29) is 24.7 Å². The zero-order valence-corrected chi connectivity index (χ0v) is 13.7. The Kier molecular flexibility index (Phi) is 4.99. The van der Waals surface area contributed by atoms with Crippen LogP contribution in [0, 0.1) is 10.1 Å². The van der Waals surface area contributed by atoms with Crippen molar-refractivity contribution >= 4 is 16.5 Å². The van der Waals surface area contributed by atoms with Gasteiger partial charge in [0.2, 0.25) is 0 Å². The summed E-state index contributed by atoms with van der Waals surface area (Å²) in [6, 6.07) is 18.3. The molecule has 128 valence electrons. The summed E-state index contributed by atoms with van der Waals surface area (Å²) >= 11 is 0. The summed E-state index contributed by atoms with van der Waals surface area (Å²) in [5.74, 6) is 1.32. The molecule has 3 rings (SSSR count). The third-order valence-corrected chi connectivity index (χ3v) is 3.69. The van der Waals surface area contributed by atoms with Crippen LogP contribution in [0.15, 0.2) is 60.7 Å². The van der Waals surface area contributed by atoms with Gasteiger partial charge in [0.05, 0.1) is 18.1 Å². The number of nitro benzene ring substituents is 1. The van der Waals surface area contributed by atoms with Crippen molar-refractivity contribution in [2.45, 2.75) is 0 Å². The maximum Gasteiger partial charge on any atom is 0.314 e. The Bertz CT molecular complexity index is 894. The van der Waals surface area contributed by atoms with Gasteiger partial charge in [0, 0.05) is 0 Å². The molecular formula is C19H17NO5. The second-order valence-electron chi connectivity index (χ2n) is 5.30. The summed E-state index contributed by atoms with van der Waals surface area (Å²) in [6.07, 6.45) is 0. The summed E-state index contributed by atoms with van der Waals surface area (Å²) in [4.78, 5) is 10.6. The molecule has 0 heterocycles. The summed E-state index contributed by atoms with van der Waals surface area (Å²) in [5.41, 5.74) is -0.134. The van der Waals surface area contributed by atoms with Crippen molar-refractivity contribution < 1.29 is 19.1 Å². The molecule has 0 radical (unpaired) electrons. The van der Waals surface area contributed by atoms with Gasteiger partial charge in [-0.15, -0.1) is 0 Å². The molecule has 3 aromatic carbocycles. The van der Waals surface area contributed by atoms with Crippen LogP contribution in [0.1, 0.15) is 0 Å². The van der Waals surface area contributed by atoms with Crippen molar-refractivity contribution in [3.8, 4) is 17.2 Å². The number of benzene rings is 3. The number of nitrogens with zero attached hydrogens (tertiary/aromatic N) is 1. The number of ether oxygens (including phenoxy) is 3. The molecule has 0 fully saturated rings. The van der Waals surface area contributed by atoms with Gasteiger partial charge < -0.3 is 14.2 Å². The predicted octanol–water partition coefficient (Wildman–Crippen LogP) is 4.21. The zero-order chi connectivity index (χ0) is 17.6. The average molecular weight is 339 g/mol. The Morgan fingerprint density at radius 1 is 0.880 bits per heavy atom. The molecule has 0 aliphatic heterocycles. The van der Waals surface area contributed by atoms with Gasteiger partial charge in [0.15, 0.2) is 5.75 Å². The van der Waals surface area contributed by atoms with Crippen LogP contribution >= 0.6 is 0 Å². The Balaban J connectivity index is 1.60. The van der Waals surface area contributed by atoms with E-state index in [0.29, 0.717) is 5.75 Å². The van der Waals surface area contributed by atoms with Crippen LogP contribution in [-0.2, 0) is 0 Å². The Morgan fingerprint density at radius 2 is 1.60 bits per heavy atom. The summed E-state index contributed by atoms with van der Waals surface area (Å²) in [7, 11) is 1.46. The first-order valence-electron chi connectivity index (χ1n) is 7.74. The van der Waals surface area contributed by atoms with E-state index in [4.69, 9.17) is 14.2 Å². The molecule has 6 heteroatoms. The van der Waals surface area contributed by atoms with Crippen LogP contribution in [0.3, 0.4) is 0 Å². The van der Waals surface area contributed by atoms with Crippen molar-refractivity contribution in [3.05, 3.63) is 70.8 Å². The van der Waals surface area contributed by atoms with Crippen molar-refractivity contribution in [1.82, 2.24) is 0 Å². The van der Waals surface area contributed by atoms with E-state index in [0.717, 1.165) is 16.5 Å². The molecule has 6 nitrogen and oxygen atoms in total. The molecule has 0 amide bonds. The van der Waals surface area contributed by atoms with E-state index in [9.17, 15) is 10.1 Å². The minimum absolute atomic E-state index is 0.134. The predicted molar refractivity (Wildman–Crippen MR) is 94.6 cm³/mol. The number of rotatable bonds is 7. The highest BCUT2D eigenvalue weighted by Gasteiger charge is 2.16. The fraction of sp³-hybridized carbons (Fsp3) is 0.158. The van der Waals surface area contributed by atoms with Crippen LogP contribution < -0.4 is 14.2 Å². The zero-order valence-electron chi connectivity index (χ0n) is 13.7. The van der Waals surface area contributed by atoms with Crippen LogP contribution in [0.2, 0.25) is 0 Å². The molecule has 0 bridgehead atoms. The smallest absolute Gasteiger partial charge is 0.314 e. The molecule has 0 saturated carbocycles. The van der Waals surface area contributed by atoms with E-state index in [2.05, 4.69) is 0 Å². The Labute approximate surface area is 144 Å². The molecule has 0 saturated heterocycles. The van der Waals surface area contributed by atoms with Gasteiger partial charge in [0.1, 0.15) is 24.7 Å². The van der Waals surface area contributed by atoms with Gasteiger partial charge in [0.25, 0.3) is 0 Å². The SMILES string of the molecule is COc1ccc(OCCOc2ccc3ccccc3c2)c([N+](=O)[O-])c1. The van der Waals surface area contributed by atoms with Gasteiger partial charge in [-0.2, -0.15) is 0 Å². The summed E-state index contributed by atoms with van der Waals surface area (Å²) < 4.78 is 16.1. The fourth-order valence-electron chi connectivity index (χ4n) is 2.46. The quantitative estimate of drug-likeness (QED) is 0.366. The van der Waals surface area contributed by atoms with Crippen molar-refractivity contribution in [1.29, 1.82) is 0 Å². The molecule has 0 aliphatic carbocycles. The maximum absolute atomic E-state index is 11.1. The Morgan fingerprint density at radius 3 is 2.36 bits per heavy atom. The second-order valence-corrected chi connectivity index (χ2v) is 5.30. The lowest BCUT2D eigenvalue weighted by molar-refractivity contribution is -0.385. The molecule has 0 spiro atoms. The molecule has 0 atom stereocenters. The molecule has 0 unspecified atom stereocenters. The average Bonchev–Trinajstić information content (AvgIpc) is 2.65. The highest BCUT2D eigenvalue weighted by molar-refractivity contribution is 5.83. The van der Waals surface area contributed by atoms with Gasteiger partial charge in [-0.05, 0) is 35.0 Å². The lowest BCUT2D eigenvalue weighted by Gasteiger charge is -2.10. The lowest BCUT2D eigenvalue weighted by Crippen LogP contribution is -2.10. The number of fused-ring (bicyclic) bond motifs is 1. The van der Waals surface area contributed by atoms with Gasteiger partial charge >= 0.3 is 5.69 Å². The molecule has 0 aliphatic rings. The largest absolute Gasteiger partial charge is 0.496 e. The standard InChI is InChI=1S/C19H17NO5/c1-23-16-8-9-19(18(13-16)20(21)22)25-11-10-24-17-7-6-14-4-2-3-5-15(14)12-17/h2-9,12-13H,10-11H2,1H3. The van der Waals surface area contributed by atoms with E-state index in [1.807, 2.05) is 42.5 Å². The third-order valence-electron chi connectivity index (χ3n) is 3.69. The fourth-order valence-corrected chi connectivity index (χ4v) is 2.46. The normalized spacial score (nSPS) is 10.4. The number of hydrogen-bond donors (Lipinski definition) is 0. The topological polar surface area (TPSA) is 70.8 Å². The van der Waals surface area contributed by atoms with E-state index >= 15 is 0 Å². The van der Waals surface area contributed by atoms with Crippen LogP contribution in [0.4, 0.5) is 5.69 Å². The van der Waals surface area contributed by atoms with Gasteiger partial charge in [-0.25, -0.2) is 0 Å². The first kappa shape index (κ1) is 16.6. The first-order chi connectivity index (χ1) is 12.2. The minimum Gasteiger partial charge on any atom is -0.496 e. The van der Waals surface area contributed by atoms with Crippen LogP contribution in [0.5, 0.6) is 17.2 Å². The van der Waals surface area contributed by atoms with Crippen LogP contribution in [0.25, 0.3) is 10.8 Å². The van der Waals surface area contributed by atoms with Gasteiger partial charge in [-0.3, -0.25) is 10.1 Å². The van der Waals surface area contributed by atoms with Crippen molar-refractivity contribution in [2.24, 2.45) is 0 Å². The first-order valence-corrected chi connectivity index (χ1v) is 7.74. The third kappa shape index (κ3) is 3.98. The summed E-state index contributed by atoms with van der Waals surface area (Å²) in [5, 5.41) is 13.3. The lowest BCUT2D eigenvalue weighted by atomic mass is 10.1. The number of hydrogen-bond acceptors (Lipinski definition) is 5. The van der Waals surface area contributed by atoms with E-state index < -0.39 is 4.92 Å².